The zero-order valence-electron chi connectivity index (χ0n) is 15.3. The SMILES string of the molecule is Cc1nonc1CN(C)C(=O)CN1C(=O)[C@H]2CC[C@](C)(C1=O)C2(C)C. The standard InChI is InChI=1S/C17H24N4O4/c1-10-12(19-25-18-10)8-20(5)13(22)9-21-14(23)11-6-7-17(4,15(21)24)16(11,2)3/h11H,6-9H2,1-5H3/t11-,17-/m1/s1. The molecule has 1 aromatic rings. The average Bonchev–Trinajstić information content (AvgIpc) is 3.02. The first kappa shape index (κ1) is 17.6. The number of carbonyl (C=O) groups excluding carboxylic acids is 3. The number of hydrogen-bond donors (Lipinski definition) is 0. The molecule has 0 spiro atoms. The molecule has 25 heavy (non-hydrogen) atoms. The van der Waals surface area contributed by atoms with Gasteiger partial charge in [0.15, 0.2) is 0 Å². The van der Waals surface area contributed by atoms with Crippen molar-refractivity contribution in [2.75, 3.05) is 13.6 Å². The van der Waals surface area contributed by atoms with Crippen LogP contribution in [0.5, 0.6) is 0 Å². The van der Waals surface area contributed by atoms with Gasteiger partial charge in [-0.1, -0.05) is 31.1 Å². The number of aryl methyl sites for hydroxylation is 1. The second-order valence-electron chi connectivity index (χ2n) is 7.92. The molecule has 0 N–H and O–H groups in total. The third-order valence-electron chi connectivity index (χ3n) is 6.36. The Kier molecular flexibility index (Phi) is 3.96. The molecule has 0 unspecified atom stereocenters. The second kappa shape index (κ2) is 5.64. The topological polar surface area (TPSA) is 96.6 Å². The molecule has 3 amide bonds. The lowest BCUT2D eigenvalue weighted by Crippen LogP contribution is -2.60. The molecule has 2 heterocycles. The summed E-state index contributed by atoms with van der Waals surface area (Å²) in [4.78, 5) is 40.9. The number of imide groups is 1. The molecule has 1 saturated carbocycles. The number of aromatic nitrogens is 2. The Morgan fingerprint density at radius 1 is 1.32 bits per heavy atom. The predicted molar refractivity (Wildman–Crippen MR) is 86.8 cm³/mol. The van der Waals surface area contributed by atoms with E-state index in [1.54, 1.807) is 14.0 Å². The van der Waals surface area contributed by atoms with Crippen LogP contribution in [0.1, 0.15) is 45.0 Å². The molecule has 1 aromatic heterocycles. The van der Waals surface area contributed by atoms with Crippen molar-refractivity contribution in [1.29, 1.82) is 0 Å². The third-order valence-corrected chi connectivity index (χ3v) is 6.36. The molecule has 0 aromatic carbocycles. The molecular formula is C17H24N4O4. The highest BCUT2D eigenvalue weighted by atomic mass is 16.6. The largest absolute Gasteiger partial charge is 0.338 e. The number of nitrogens with zero attached hydrogens (tertiary/aromatic N) is 4. The number of rotatable bonds is 4. The van der Waals surface area contributed by atoms with Crippen molar-refractivity contribution < 1.29 is 19.0 Å². The zero-order valence-corrected chi connectivity index (χ0v) is 15.3. The highest BCUT2D eigenvalue weighted by molar-refractivity contribution is 6.06. The molecule has 2 fully saturated rings. The van der Waals surface area contributed by atoms with Gasteiger partial charge in [0, 0.05) is 13.0 Å². The Morgan fingerprint density at radius 3 is 2.60 bits per heavy atom. The van der Waals surface area contributed by atoms with E-state index in [0.29, 0.717) is 24.2 Å². The molecule has 0 radical (unpaired) electrons. The number of fused-ring (bicyclic) bond motifs is 2. The lowest BCUT2D eigenvalue weighted by molar-refractivity contribution is -0.170. The molecule has 1 saturated heterocycles. The summed E-state index contributed by atoms with van der Waals surface area (Å²) in [6.45, 7) is 7.59. The summed E-state index contributed by atoms with van der Waals surface area (Å²) < 4.78 is 4.63. The van der Waals surface area contributed by atoms with Crippen LogP contribution < -0.4 is 0 Å². The normalized spacial score (nSPS) is 27.7. The second-order valence-corrected chi connectivity index (χ2v) is 7.92. The monoisotopic (exact) mass is 348 g/mol. The highest BCUT2D eigenvalue weighted by Gasteiger charge is 2.64. The van der Waals surface area contributed by atoms with Crippen LogP contribution in [0.2, 0.25) is 0 Å². The zero-order chi connectivity index (χ0) is 18.6. The Bertz CT molecular complexity index is 741. The van der Waals surface area contributed by atoms with Crippen LogP contribution in [0.15, 0.2) is 4.63 Å². The van der Waals surface area contributed by atoms with Crippen molar-refractivity contribution in [3.8, 4) is 0 Å². The van der Waals surface area contributed by atoms with Crippen molar-refractivity contribution in [3.05, 3.63) is 11.4 Å². The van der Waals surface area contributed by atoms with Gasteiger partial charge in [-0.05, 0) is 25.2 Å². The number of piperidine rings is 1. The van der Waals surface area contributed by atoms with Gasteiger partial charge in [0.2, 0.25) is 17.7 Å². The highest BCUT2D eigenvalue weighted by Crippen LogP contribution is 2.59. The third kappa shape index (κ3) is 2.46. The fourth-order valence-corrected chi connectivity index (χ4v) is 4.01. The van der Waals surface area contributed by atoms with Gasteiger partial charge in [-0.25, -0.2) is 4.63 Å². The van der Waals surface area contributed by atoms with E-state index >= 15 is 0 Å². The van der Waals surface area contributed by atoms with Crippen LogP contribution >= 0.6 is 0 Å². The maximum Gasteiger partial charge on any atom is 0.242 e. The summed E-state index contributed by atoms with van der Waals surface area (Å²) in [5, 5.41) is 7.43. The van der Waals surface area contributed by atoms with Crippen LogP contribution in [0.4, 0.5) is 0 Å². The van der Waals surface area contributed by atoms with E-state index in [1.807, 2.05) is 20.8 Å². The summed E-state index contributed by atoms with van der Waals surface area (Å²) in [5.74, 6) is -0.995. The van der Waals surface area contributed by atoms with Crippen LogP contribution in [-0.2, 0) is 20.9 Å². The minimum absolute atomic E-state index is 0.213. The molecule has 1 aliphatic carbocycles. The summed E-state index contributed by atoms with van der Waals surface area (Å²) in [6.07, 6.45) is 1.37. The van der Waals surface area contributed by atoms with Crippen LogP contribution in [0.25, 0.3) is 0 Å². The van der Waals surface area contributed by atoms with Gasteiger partial charge in [-0.2, -0.15) is 0 Å². The summed E-state index contributed by atoms with van der Waals surface area (Å²) in [7, 11) is 1.61. The molecule has 1 aliphatic heterocycles. The van der Waals surface area contributed by atoms with E-state index in [1.165, 1.54) is 4.90 Å². The van der Waals surface area contributed by atoms with Crippen molar-refractivity contribution in [3.63, 3.8) is 0 Å². The Morgan fingerprint density at radius 2 is 2.00 bits per heavy atom. The maximum absolute atomic E-state index is 13.0. The number of hydrogen-bond acceptors (Lipinski definition) is 6. The lowest BCUT2D eigenvalue weighted by Gasteiger charge is -2.47. The fraction of sp³-hybridized carbons (Fsp3) is 0.706. The molecule has 8 heteroatoms. The molecule has 8 nitrogen and oxygen atoms in total. The Labute approximate surface area is 146 Å². The van der Waals surface area contributed by atoms with E-state index in [2.05, 4.69) is 14.9 Å². The van der Waals surface area contributed by atoms with Gasteiger partial charge in [-0.15, -0.1) is 0 Å². The van der Waals surface area contributed by atoms with E-state index in [0.717, 1.165) is 4.90 Å². The van der Waals surface area contributed by atoms with Gasteiger partial charge in [0.05, 0.1) is 12.0 Å². The number of likely N-dealkylation sites (N-methyl/N-ethyl adjacent to an activating group) is 1. The number of amides is 3. The first-order valence-electron chi connectivity index (χ1n) is 8.47. The minimum Gasteiger partial charge on any atom is -0.338 e. The molecule has 3 rings (SSSR count). The summed E-state index contributed by atoms with van der Waals surface area (Å²) >= 11 is 0. The van der Waals surface area contributed by atoms with Gasteiger partial charge in [0.25, 0.3) is 0 Å². The van der Waals surface area contributed by atoms with Crippen LogP contribution in [0, 0.1) is 23.7 Å². The Balaban J connectivity index is 1.74. The Hall–Kier alpha value is -2.25. The first-order valence-corrected chi connectivity index (χ1v) is 8.47. The minimum atomic E-state index is -0.600. The molecule has 136 valence electrons. The summed E-state index contributed by atoms with van der Waals surface area (Å²) in [5.41, 5.74) is 0.185. The smallest absolute Gasteiger partial charge is 0.242 e. The van der Waals surface area contributed by atoms with Crippen molar-refractivity contribution in [1.82, 2.24) is 20.1 Å². The van der Waals surface area contributed by atoms with E-state index in [9.17, 15) is 14.4 Å². The molecular weight excluding hydrogens is 324 g/mol. The number of carbonyl (C=O) groups is 3. The maximum atomic E-state index is 13.0. The molecule has 2 aliphatic rings. The van der Waals surface area contributed by atoms with Crippen LogP contribution in [-0.4, -0.2) is 51.4 Å². The summed E-state index contributed by atoms with van der Waals surface area (Å²) in [6, 6.07) is 0. The quantitative estimate of drug-likeness (QED) is 0.757. The molecule has 2 bridgehead atoms. The van der Waals surface area contributed by atoms with Crippen molar-refractivity contribution >= 4 is 17.7 Å². The van der Waals surface area contributed by atoms with Crippen molar-refractivity contribution in [2.45, 2.75) is 47.1 Å². The van der Waals surface area contributed by atoms with E-state index in [-0.39, 0.29) is 42.1 Å². The van der Waals surface area contributed by atoms with Gasteiger partial charge < -0.3 is 4.90 Å². The van der Waals surface area contributed by atoms with E-state index < -0.39 is 5.41 Å². The van der Waals surface area contributed by atoms with Gasteiger partial charge in [0.1, 0.15) is 17.9 Å². The predicted octanol–water partition coefficient (Wildman–Crippen LogP) is 1.15. The lowest BCUT2D eigenvalue weighted by atomic mass is 9.62. The number of likely N-dealkylation sites (tertiary alicyclic amines) is 1. The van der Waals surface area contributed by atoms with Crippen molar-refractivity contribution in [2.24, 2.45) is 16.7 Å². The van der Waals surface area contributed by atoms with Crippen LogP contribution in [0.3, 0.4) is 0 Å². The van der Waals surface area contributed by atoms with E-state index in [4.69, 9.17) is 0 Å². The first-order chi connectivity index (χ1) is 11.6. The van der Waals surface area contributed by atoms with Gasteiger partial charge in [-0.3, -0.25) is 19.3 Å². The van der Waals surface area contributed by atoms with Gasteiger partial charge >= 0.3 is 0 Å². The molecule has 2 atom stereocenters. The fourth-order valence-electron chi connectivity index (χ4n) is 4.01. The average molecular weight is 348 g/mol.